The molecule has 8 nitrogen and oxygen atoms in total. The van der Waals surface area contributed by atoms with E-state index in [0.717, 1.165) is 11.0 Å². The Kier molecular flexibility index (Phi) is 8.77. The number of amides is 3. The number of hydrogen-bond acceptors (Lipinski definition) is 4. The molecule has 3 rings (SSSR count). The van der Waals surface area contributed by atoms with E-state index in [-0.39, 0.29) is 49.5 Å². The molecule has 2 N–H and O–H groups in total. The first-order valence-corrected chi connectivity index (χ1v) is 9.83. The number of hydrogen-bond donors (Lipinski definition) is 2. The second kappa shape index (κ2) is 10.9. The standard InChI is InChI=1S/C19H25F3N6O2.HI/c1-2-23-17(24-6-7-28-16(29)13-25-18(28)30)27-10-8-26(9-11-27)15-5-3-4-14(12-15)19(20,21)22;/h3-5,12H,2,6-11,13H2,1H3,(H,23,24)(H,25,30);1H. The molecular weight excluding hydrogens is 528 g/mol. The van der Waals surface area contributed by atoms with E-state index in [4.69, 9.17) is 0 Å². The molecule has 0 saturated carbocycles. The van der Waals surface area contributed by atoms with Crippen LogP contribution in [0.1, 0.15) is 12.5 Å². The molecule has 0 radical (unpaired) electrons. The SMILES string of the molecule is CCNC(=NCCN1C(=O)CNC1=O)N1CCN(c2cccc(C(F)(F)F)c2)CC1.I. The summed E-state index contributed by atoms with van der Waals surface area (Å²) in [7, 11) is 0. The Bertz CT molecular complexity index is 796. The molecule has 31 heavy (non-hydrogen) atoms. The van der Waals surface area contributed by atoms with Gasteiger partial charge in [0, 0.05) is 38.4 Å². The van der Waals surface area contributed by atoms with Gasteiger partial charge in [0.2, 0.25) is 5.91 Å². The van der Waals surface area contributed by atoms with Crippen LogP contribution in [0.2, 0.25) is 0 Å². The quantitative estimate of drug-likeness (QED) is 0.252. The number of piperazine rings is 1. The highest BCUT2D eigenvalue weighted by molar-refractivity contribution is 14.0. The van der Waals surface area contributed by atoms with Gasteiger partial charge in [0.25, 0.3) is 0 Å². The van der Waals surface area contributed by atoms with Crippen LogP contribution in [-0.4, -0.2) is 80.1 Å². The van der Waals surface area contributed by atoms with Gasteiger partial charge in [-0.2, -0.15) is 13.2 Å². The number of alkyl halides is 3. The van der Waals surface area contributed by atoms with Crippen molar-refractivity contribution >= 4 is 47.6 Å². The summed E-state index contributed by atoms with van der Waals surface area (Å²) in [6.07, 6.45) is -4.36. The average Bonchev–Trinajstić information content (AvgIpc) is 3.05. The normalized spacial score (nSPS) is 17.5. The Hall–Kier alpha value is -2.25. The Morgan fingerprint density at radius 3 is 2.48 bits per heavy atom. The molecule has 3 amide bonds. The van der Waals surface area contributed by atoms with Crippen LogP contribution in [0.25, 0.3) is 0 Å². The third-order valence-corrected chi connectivity index (χ3v) is 4.97. The Labute approximate surface area is 195 Å². The molecule has 2 fully saturated rings. The van der Waals surface area contributed by atoms with Crippen molar-refractivity contribution < 1.29 is 22.8 Å². The van der Waals surface area contributed by atoms with E-state index in [9.17, 15) is 22.8 Å². The summed E-state index contributed by atoms with van der Waals surface area (Å²) in [5, 5.41) is 5.66. The number of urea groups is 1. The Morgan fingerprint density at radius 2 is 1.90 bits per heavy atom. The van der Waals surface area contributed by atoms with E-state index in [1.807, 2.05) is 16.7 Å². The van der Waals surface area contributed by atoms with Crippen molar-refractivity contribution in [2.45, 2.75) is 13.1 Å². The molecule has 0 bridgehead atoms. The number of rotatable bonds is 5. The van der Waals surface area contributed by atoms with Gasteiger partial charge in [-0.05, 0) is 25.1 Å². The predicted molar refractivity (Wildman–Crippen MR) is 122 cm³/mol. The molecule has 2 heterocycles. The molecular formula is C19H26F3IN6O2. The molecule has 2 saturated heterocycles. The van der Waals surface area contributed by atoms with Gasteiger partial charge in [0.1, 0.15) is 0 Å². The minimum atomic E-state index is -4.36. The van der Waals surface area contributed by atoms with Crippen molar-refractivity contribution in [2.24, 2.45) is 4.99 Å². The first-order chi connectivity index (χ1) is 14.3. The van der Waals surface area contributed by atoms with Gasteiger partial charge < -0.3 is 20.4 Å². The van der Waals surface area contributed by atoms with Gasteiger partial charge in [-0.1, -0.05) is 6.07 Å². The number of halogens is 4. The second-order valence-electron chi connectivity index (χ2n) is 6.96. The number of imide groups is 1. The predicted octanol–water partition coefficient (Wildman–Crippen LogP) is 1.96. The molecule has 1 aromatic carbocycles. The summed E-state index contributed by atoms with van der Waals surface area (Å²) in [6, 6.07) is 4.94. The maximum Gasteiger partial charge on any atom is 0.416 e. The molecule has 2 aliphatic heterocycles. The van der Waals surface area contributed by atoms with E-state index in [0.29, 0.717) is 44.4 Å². The summed E-state index contributed by atoms with van der Waals surface area (Å²) >= 11 is 0. The zero-order valence-electron chi connectivity index (χ0n) is 17.1. The van der Waals surface area contributed by atoms with E-state index >= 15 is 0 Å². The zero-order valence-corrected chi connectivity index (χ0v) is 19.4. The minimum absolute atomic E-state index is 0. The average molecular weight is 554 g/mol. The van der Waals surface area contributed by atoms with Crippen LogP contribution in [0, 0.1) is 0 Å². The highest BCUT2D eigenvalue weighted by Crippen LogP contribution is 2.31. The lowest BCUT2D eigenvalue weighted by Crippen LogP contribution is -2.52. The van der Waals surface area contributed by atoms with Crippen LogP contribution in [0.5, 0.6) is 0 Å². The summed E-state index contributed by atoms with van der Waals surface area (Å²) in [6.45, 7) is 5.36. The fraction of sp³-hybridized carbons (Fsp3) is 0.526. The number of benzene rings is 1. The fourth-order valence-electron chi connectivity index (χ4n) is 3.42. The maximum atomic E-state index is 13.0. The van der Waals surface area contributed by atoms with Gasteiger partial charge in [-0.25, -0.2) is 4.79 Å². The lowest BCUT2D eigenvalue weighted by molar-refractivity contribution is -0.137. The first-order valence-electron chi connectivity index (χ1n) is 9.83. The van der Waals surface area contributed by atoms with Crippen molar-refractivity contribution in [1.82, 2.24) is 20.4 Å². The van der Waals surface area contributed by atoms with Gasteiger partial charge >= 0.3 is 12.2 Å². The van der Waals surface area contributed by atoms with Gasteiger partial charge in [-0.15, -0.1) is 24.0 Å². The number of nitrogens with zero attached hydrogens (tertiary/aromatic N) is 4. The van der Waals surface area contributed by atoms with Crippen molar-refractivity contribution in [3.05, 3.63) is 29.8 Å². The third-order valence-electron chi connectivity index (χ3n) is 4.97. The van der Waals surface area contributed by atoms with Gasteiger partial charge in [-0.3, -0.25) is 14.7 Å². The van der Waals surface area contributed by atoms with E-state index in [1.54, 1.807) is 6.07 Å². The molecule has 0 aliphatic carbocycles. The fourth-order valence-corrected chi connectivity index (χ4v) is 3.42. The van der Waals surface area contributed by atoms with E-state index < -0.39 is 17.8 Å². The van der Waals surface area contributed by atoms with Gasteiger partial charge in [0.05, 0.1) is 25.2 Å². The smallest absolute Gasteiger partial charge is 0.368 e. The van der Waals surface area contributed by atoms with E-state index in [1.165, 1.54) is 12.1 Å². The summed E-state index contributed by atoms with van der Waals surface area (Å²) in [4.78, 5) is 32.8. The summed E-state index contributed by atoms with van der Waals surface area (Å²) in [5.74, 6) is 0.392. The van der Waals surface area contributed by atoms with Crippen LogP contribution in [0.3, 0.4) is 0 Å². The van der Waals surface area contributed by atoms with Crippen molar-refractivity contribution in [2.75, 3.05) is 57.3 Å². The molecule has 0 spiro atoms. The molecule has 0 atom stereocenters. The van der Waals surface area contributed by atoms with Crippen LogP contribution in [0.15, 0.2) is 29.3 Å². The summed E-state index contributed by atoms with van der Waals surface area (Å²) < 4.78 is 38.9. The van der Waals surface area contributed by atoms with Gasteiger partial charge in [0.15, 0.2) is 5.96 Å². The third kappa shape index (κ3) is 6.37. The lowest BCUT2D eigenvalue weighted by atomic mass is 10.1. The van der Waals surface area contributed by atoms with Crippen LogP contribution < -0.4 is 15.5 Å². The zero-order chi connectivity index (χ0) is 21.7. The van der Waals surface area contributed by atoms with Crippen molar-refractivity contribution in [1.29, 1.82) is 0 Å². The molecule has 12 heteroatoms. The van der Waals surface area contributed by atoms with E-state index in [2.05, 4.69) is 15.6 Å². The van der Waals surface area contributed by atoms with Crippen LogP contribution >= 0.6 is 24.0 Å². The first kappa shape index (κ1) is 25.0. The highest BCUT2D eigenvalue weighted by atomic mass is 127. The number of carbonyl (C=O) groups excluding carboxylic acids is 2. The van der Waals surface area contributed by atoms with Crippen LogP contribution in [0.4, 0.5) is 23.7 Å². The molecule has 0 unspecified atom stereocenters. The minimum Gasteiger partial charge on any atom is -0.368 e. The number of guanidine groups is 1. The maximum absolute atomic E-state index is 13.0. The Morgan fingerprint density at radius 1 is 1.19 bits per heavy atom. The number of anilines is 1. The summed E-state index contributed by atoms with van der Waals surface area (Å²) in [5.41, 5.74) is -0.109. The number of aliphatic imine (C=N–C) groups is 1. The topological polar surface area (TPSA) is 80.3 Å². The number of carbonyl (C=O) groups is 2. The number of nitrogens with one attached hydrogen (secondary N) is 2. The monoisotopic (exact) mass is 554 g/mol. The molecule has 1 aromatic rings. The molecule has 2 aliphatic rings. The van der Waals surface area contributed by atoms with Crippen molar-refractivity contribution in [3.8, 4) is 0 Å². The molecule has 172 valence electrons. The second-order valence-corrected chi connectivity index (χ2v) is 6.96. The Balaban J connectivity index is 0.00000341. The lowest BCUT2D eigenvalue weighted by Gasteiger charge is -2.38. The van der Waals surface area contributed by atoms with Crippen molar-refractivity contribution in [3.63, 3.8) is 0 Å². The van der Waals surface area contributed by atoms with Crippen LogP contribution in [-0.2, 0) is 11.0 Å². The highest BCUT2D eigenvalue weighted by Gasteiger charge is 2.31. The molecule has 0 aromatic heterocycles. The largest absolute Gasteiger partial charge is 0.416 e.